The molecule has 0 amide bonds. The van der Waals surface area contributed by atoms with Crippen molar-refractivity contribution in [2.45, 2.75) is 71.6 Å². The number of rotatable bonds is 5. The summed E-state index contributed by atoms with van der Waals surface area (Å²) in [6.45, 7) is 7.06. The topological polar surface area (TPSA) is 63.6 Å². The van der Waals surface area contributed by atoms with Crippen LogP contribution in [-0.4, -0.2) is 28.8 Å². The highest BCUT2D eigenvalue weighted by Crippen LogP contribution is 2.27. The fourth-order valence-electron chi connectivity index (χ4n) is 1.40. The van der Waals surface area contributed by atoms with Crippen LogP contribution in [0.25, 0.3) is 0 Å². The maximum Gasteiger partial charge on any atom is 0.389 e. The molecule has 1 saturated carbocycles. The van der Waals surface area contributed by atoms with Gasteiger partial charge in [-0.15, -0.1) is 0 Å². The number of carboxylic acid groups (broad SMARTS) is 1. The van der Waals surface area contributed by atoms with E-state index in [1.165, 1.54) is 12.8 Å². The van der Waals surface area contributed by atoms with E-state index in [2.05, 4.69) is 6.92 Å². The summed E-state index contributed by atoms with van der Waals surface area (Å²) in [5.74, 6) is -2.52. The largest absolute Gasteiger partial charge is 0.481 e. The van der Waals surface area contributed by atoms with Crippen molar-refractivity contribution in [3.05, 3.63) is 0 Å². The molecule has 0 aromatic heterocycles. The van der Waals surface area contributed by atoms with Crippen molar-refractivity contribution in [2.75, 3.05) is 0 Å². The molecular formula is C15H25F3O4. The summed E-state index contributed by atoms with van der Waals surface area (Å²) in [7, 11) is 0. The molecule has 1 N–H and O–H groups in total. The Morgan fingerprint density at radius 2 is 1.68 bits per heavy atom. The molecule has 0 aromatic rings. The Kier molecular flexibility index (Phi) is 7.90. The van der Waals surface area contributed by atoms with E-state index in [1.807, 2.05) is 0 Å². The quantitative estimate of drug-likeness (QED) is 0.770. The maximum absolute atomic E-state index is 12.0. The van der Waals surface area contributed by atoms with Gasteiger partial charge >= 0.3 is 18.1 Å². The third-order valence-corrected chi connectivity index (χ3v) is 2.82. The first-order valence-electron chi connectivity index (χ1n) is 7.31. The van der Waals surface area contributed by atoms with Crippen LogP contribution < -0.4 is 0 Å². The number of carboxylic acids is 1. The van der Waals surface area contributed by atoms with Crippen molar-refractivity contribution in [1.29, 1.82) is 0 Å². The van der Waals surface area contributed by atoms with Crippen LogP contribution in [0.15, 0.2) is 0 Å². The van der Waals surface area contributed by atoms with Gasteiger partial charge in [-0.3, -0.25) is 9.59 Å². The minimum absolute atomic E-state index is 0.553. The van der Waals surface area contributed by atoms with Gasteiger partial charge in [-0.1, -0.05) is 19.8 Å². The summed E-state index contributed by atoms with van der Waals surface area (Å²) in [6, 6.07) is 0. The average Bonchev–Trinajstić information content (AvgIpc) is 3.03. The third kappa shape index (κ3) is 13.7. The van der Waals surface area contributed by atoms with Crippen molar-refractivity contribution in [1.82, 2.24) is 0 Å². The molecule has 1 fully saturated rings. The lowest BCUT2D eigenvalue weighted by Gasteiger charge is -2.21. The summed E-state index contributed by atoms with van der Waals surface area (Å²) in [6.07, 6.45) is -3.87. The molecule has 1 aliphatic rings. The van der Waals surface area contributed by atoms with Crippen molar-refractivity contribution in [3.63, 3.8) is 0 Å². The number of halogens is 3. The van der Waals surface area contributed by atoms with Crippen LogP contribution in [-0.2, 0) is 14.3 Å². The molecule has 0 saturated heterocycles. The third-order valence-electron chi connectivity index (χ3n) is 2.82. The Labute approximate surface area is 129 Å². The van der Waals surface area contributed by atoms with Gasteiger partial charge in [0.15, 0.2) is 0 Å². The van der Waals surface area contributed by atoms with Gasteiger partial charge in [-0.2, -0.15) is 13.2 Å². The minimum atomic E-state index is -4.43. The maximum atomic E-state index is 12.0. The molecule has 130 valence electrons. The normalized spacial score (nSPS) is 16.3. The smallest absolute Gasteiger partial charge is 0.389 e. The predicted octanol–water partition coefficient (Wildman–Crippen LogP) is 4.18. The summed E-state index contributed by atoms with van der Waals surface area (Å²) in [5.41, 5.74) is -0.788. The van der Waals surface area contributed by atoms with E-state index in [4.69, 9.17) is 9.84 Å². The SMILES string of the molecule is CC(C)(C)OC(=O)C[C@@H](CCC(F)(F)F)C(=O)O.CC1CC1. The highest BCUT2D eigenvalue weighted by molar-refractivity contribution is 5.78. The molecule has 0 unspecified atom stereocenters. The van der Waals surface area contributed by atoms with Gasteiger partial charge in [0.1, 0.15) is 5.60 Å². The van der Waals surface area contributed by atoms with E-state index in [0.29, 0.717) is 0 Å². The van der Waals surface area contributed by atoms with E-state index in [1.54, 1.807) is 20.8 Å². The monoisotopic (exact) mass is 326 g/mol. The van der Waals surface area contributed by atoms with Gasteiger partial charge in [0, 0.05) is 6.42 Å². The number of esters is 1. The number of ether oxygens (including phenoxy) is 1. The van der Waals surface area contributed by atoms with Gasteiger partial charge in [0.25, 0.3) is 0 Å². The molecule has 1 atom stereocenters. The molecular weight excluding hydrogens is 301 g/mol. The first-order valence-corrected chi connectivity index (χ1v) is 7.31. The fourth-order valence-corrected chi connectivity index (χ4v) is 1.40. The van der Waals surface area contributed by atoms with Gasteiger partial charge in [-0.25, -0.2) is 0 Å². The predicted molar refractivity (Wildman–Crippen MR) is 75.3 cm³/mol. The molecule has 0 radical (unpaired) electrons. The van der Waals surface area contributed by atoms with Crippen molar-refractivity contribution in [3.8, 4) is 0 Å². The molecule has 0 heterocycles. The Bertz CT molecular complexity index is 368. The van der Waals surface area contributed by atoms with Crippen LogP contribution in [0.2, 0.25) is 0 Å². The second-order valence-electron chi connectivity index (χ2n) is 6.66. The summed E-state index contributed by atoms with van der Waals surface area (Å²) >= 11 is 0. The molecule has 0 aliphatic heterocycles. The molecule has 1 aliphatic carbocycles. The van der Waals surface area contributed by atoms with Crippen molar-refractivity contribution >= 4 is 11.9 Å². The number of alkyl halides is 3. The lowest BCUT2D eigenvalue weighted by atomic mass is 9.99. The number of hydrogen-bond acceptors (Lipinski definition) is 3. The highest BCUT2D eigenvalue weighted by atomic mass is 19.4. The second-order valence-corrected chi connectivity index (χ2v) is 6.66. The molecule has 0 aromatic carbocycles. The average molecular weight is 326 g/mol. The van der Waals surface area contributed by atoms with Crippen LogP contribution in [0, 0.1) is 11.8 Å². The molecule has 7 heteroatoms. The van der Waals surface area contributed by atoms with E-state index < -0.39 is 48.9 Å². The molecule has 1 rings (SSSR count). The zero-order chi connectivity index (χ0) is 17.6. The van der Waals surface area contributed by atoms with E-state index in [9.17, 15) is 22.8 Å². The Balaban J connectivity index is 0.000000939. The fraction of sp³-hybridized carbons (Fsp3) is 0.867. The van der Waals surface area contributed by atoms with Gasteiger partial charge in [0.05, 0.1) is 12.3 Å². The van der Waals surface area contributed by atoms with Crippen LogP contribution in [0.4, 0.5) is 13.2 Å². The van der Waals surface area contributed by atoms with Crippen LogP contribution in [0.5, 0.6) is 0 Å². The zero-order valence-electron chi connectivity index (χ0n) is 13.5. The number of hydrogen-bond donors (Lipinski definition) is 1. The molecule has 0 bridgehead atoms. The zero-order valence-corrected chi connectivity index (χ0v) is 13.5. The van der Waals surface area contributed by atoms with Gasteiger partial charge < -0.3 is 9.84 Å². The van der Waals surface area contributed by atoms with E-state index in [-0.39, 0.29) is 0 Å². The number of aliphatic carboxylic acids is 1. The second kappa shape index (κ2) is 8.39. The first kappa shape index (κ1) is 20.7. The first-order chi connectivity index (χ1) is 9.80. The molecule has 22 heavy (non-hydrogen) atoms. The molecule has 4 nitrogen and oxygen atoms in total. The Hall–Kier alpha value is -1.27. The van der Waals surface area contributed by atoms with Crippen LogP contribution >= 0.6 is 0 Å². The highest BCUT2D eigenvalue weighted by Gasteiger charge is 2.32. The lowest BCUT2D eigenvalue weighted by Crippen LogP contribution is -2.28. The van der Waals surface area contributed by atoms with Crippen molar-refractivity contribution < 1.29 is 32.6 Å². The number of carbonyl (C=O) groups excluding carboxylic acids is 1. The Morgan fingerprint density at radius 3 is 1.95 bits per heavy atom. The minimum Gasteiger partial charge on any atom is -0.481 e. The van der Waals surface area contributed by atoms with Crippen LogP contribution in [0.1, 0.15) is 59.8 Å². The number of carbonyl (C=O) groups is 2. The Morgan fingerprint density at radius 1 is 1.23 bits per heavy atom. The van der Waals surface area contributed by atoms with Gasteiger partial charge in [0.2, 0.25) is 0 Å². The van der Waals surface area contributed by atoms with E-state index >= 15 is 0 Å². The summed E-state index contributed by atoms with van der Waals surface area (Å²) in [4.78, 5) is 22.1. The van der Waals surface area contributed by atoms with Crippen LogP contribution in [0.3, 0.4) is 0 Å². The molecule has 0 spiro atoms. The van der Waals surface area contributed by atoms with Gasteiger partial charge in [-0.05, 0) is 33.1 Å². The summed E-state index contributed by atoms with van der Waals surface area (Å²) in [5, 5.41) is 8.74. The summed E-state index contributed by atoms with van der Waals surface area (Å²) < 4.78 is 40.8. The van der Waals surface area contributed by atoms with Crippen molar-refractivity contribution in [2.24, 2.45) is 11.8 Å². The standard InChI is InChI=1S/C11H17F3O4.C4H8/c1-10(2,3)18-8(15)6-7(9(16)17)4-5-11(12,13)14;1-4-2-3-4/h7H,4-6H2,1-3H3,(H,16,17);4H,2-3H2,1H3/t7-;/m1./s1. The lowest BCUT2D eigenvalue weighted by molar-refractivity contribution is -0.162. The van der Waals surface area contributed by atoms with E-state index in [0.717, 1.165) is 5.92 Å².